The SMILES string of the molecule is COc1ccccc1CN(C)C1CNCC1SC. The molecule has 1 heterocycles. The van der Waals surface area contributed by atoms with Gasteiger partial charge in [0.2, 0.25) is 0 Å². The second-order valence-corrected chi connectivity index (χ2v) is 5.80. The Hall–Kier alpha value is -0.710. The summed E-state index contributed by atoms with van der Waals surface area (Å²) in [7, 11) is 3.94. The normalized spacial score (nSPS) is 23.6. The van der Waals surface area contributed by atoms with Gasteiger partial charge in [-0.3, -0.25) is 4.90 Å². The molecule has 1 aliphatic rings. The van der Waals surface area contributed by atoms with Crippen molar-refractivity contribution in [2.45, 2.75) is 17.8 Å². The lowest BCUT2D eigenvalue weighted by Gasteiger charge is -2.28. The van der Waals surface area contributed by atoms with Crippen molar-refractivity contribution in [3.63, 3.8) is 0 Å². The van der Waals surface area contributed by atoms with Crippen LogP contribution in [0.3, 0.4) is 0 Å². The Morgan fingerprint density at radius 1 is 1.39 bits per heavy atom. The van der Waals surface area contributed by atoms with Crippen LogP contribution in [0.4, 0.5) is 0 Å². The van der Waals surface area contributed by atoms with Gasteiger partial charge in [-0.05, 0) is 19.4 Å². The van der Waals surface area contributed by atoms with Crippen molar-refractivity contribution < 1.29 is 4.74 Å². The third-order valence-corrected chi connectivity index (χ3v) is 4.70. The molecule has 0 amide bonds. The van der Waals surface area contributed by atoms with Crippen molar-refractivity contribution in [2.24, 2.45) is 0 Å². The molecule has 0 aliphatic carbocycles. The zero-order chi connectivity index (χ0) is 13.0. The number of likely N-dealkylation sites (N-methyl/N-ethyl adjacent to an activating group) is 1. The van der Waals surface area contributed by atoms with Crippen LogP contribution in [0.15, 0.2) is 24.3 Å². The van der Waals surface area contributed by atoms with Crippen molar-refractivity contribution >= 4 is 11.8 Å². The first kappa shape index (κ1) is 13.7. The Labute approximate surface area is 114 Å². The molecule has 1 aromatic carbocycles. The standard InChI is InChI=1S/C14H22N2OS/c1-16(12-8-15-9-14(12)18-3)10-11-6-4-5-7-13(11)17-2/h4-7,12,14-15H,8-10H2,1-3H3. The molecular weight excluding hydrogens is 244 g/mol. The third kappa shape index (κ3) is 2.99. The van der Waals surface area contributed by atoms with E-state index in [-0.39, 0.29) is 0 Å². The summed E-state index contributed by atoms with van der Waals surface area (Å²) in [6.07, 6.45) is 2.20. The fraction of sp³-hybridized carbons (Fsp3) is 0.571. The lowest BCUT2D eigenvalue weighted by atomic mass is 10.1. The molecule has 1 N–H and O–H groups in total. The van der Waals surface area contributed by atoms with Gasteiger partial charge >= 0.3 is 0 Å². The Bertz CT molecular complexity index is 386. The maximum absolute atomic E-state index is 5.41. The van der Waals surface area contributed by atoms with Crippen molar-refractivity contribution in [3.05, 3.63) is 29.8 Å². The number of para-hydroxylation sites is 1. The smallest absolute Gasteiger partial charge is 0.123 e. The average Bonchev–Trinajstić information content (AvgIpc) is 2.87. The van der Waals surface area contributed by atoms with E-state index < -0.39 is 0 Å². The van der Waals surface area contributed by atoms with Crippen LogP contribution in [0.25, 0.3) is 0 Å². The fourth-order valence-electron chi connectivity index (χ4n) is 2.54. The van der Waals surface area contributed by atoms with Crippen molar-refractivity contribution in [3.8, 4) is 5.75 Å². The summed E-state index contributed by atoms with van der Waals surface area (Å²) in [5, 5.41) is 4.16. The number of nitrogens with one attached hydrogen (secondary N) is 1. The van der Waals surface area contributed by atoms with Gasteiger partial charge in [0.05, 0.1) is 7.11 Å². The fourth-order valence-corrected chi connectivity index (χ4v) is 3.44. The molecular formula is C14H22N2OS. The number of nitrogens with zero attached hydrogens (tertiary/aromatic N) is 1. The summed E-state index contributed by atoms with van der Waals surface area (Å²) in [6, 6.07) is 8.87. The Morgan fingerprint density at radius 2 is 2.17 bits per heavy atom. The van der Waals surface area contributed by atoms with Gasteiger partial charge in [-0.1, -0.05) is 18.2 Å². The monoisotopic (exact) mass is 266 g/mol. The van der Waals surface area contributed by atoms with Crippen LogP contribution < -0.4 is 10.1 Å². The van der Waals surface area contributed by atoms with Crippen LogP contribution in [-0.2, 0) is 6.54 Å². The highest BCUT2D eigenvalue weighted by Crippen LogP contribution is 2.24. The van der Waals surface area contributed by atoms with E-state index in [2.05, 4.69) is 35.7 Å². The maximum Gasteiger partial charge on any atom is 0.123 e. The van der Waals surface area contributed by atoms with Crippen molar-refractivity contribution in [2.75, 3.05) is 33.5 Å². The van der Waals surface area contributed by atoms with Crippen LogP contribution in [0, 0.1) is 0 Å². The predicted molar refractivity (Wildman–Crippen MR) is 78.4 cm³/mol. The van der Waals surface area contributed by atoms with Crippen LogP contribution >= 0.6 is 11.8 Å². The zero-order valence-electron chi connectivity index (χ0n) is 11.3. The summed E-state index contributed by atoms with van der Waals surface area (Å²) in [5.74, 6) is 0.982. The van der Waals surface area contributed by atoms with E-state index in [1.54, 1.807) is 7.11 Å². The van der Waals surface area contributed by atoms with E-state index in [4.69, 9.17) is 4.74 Å². The quantitative estimate of drug-likeness (QED) is 0.879. The molecule has 1 aromatic rings. The molecule has 0 aromatic heterocycles. The van der Waals surface area contributed by atoms with E-state index in [0.717, 1.165) is 25.4 Å². The van der Waals surface area contributed by atoms with E-state index in [0.29, 0.717) is 11.3 Å². The molecule has 0 radical (unpaired) electrons. The molecule has 1 aliphatic heterocycles. The molecule has 0 spiro atoms. The average molecular weight is 266 g/mol. The van der Waals surface area contributed by atoms with Crippen molar-refractivity contribution in [1.29, 1.82) is 0 Å². The summed E-state index contributed by atoms with van der Waals surface area (Å²) in [4.78, 5) is 2.43. The van der Waals surface area contributed by atoms with Gasteiger partial charge < -0.3 is 10.1 Å². The van der Waals surface area contributed by atoms with Gasteiger partial charge in [-0.2, -0.15) is 11.8 Å². The third-order valence-electron chi connectivity index (χ3n) is 3.61. The topological polar surface area (TPSA) is 24.5 Å². The number of thioether (sulfide) groups is 1. The predicted octanol–water partition coefficient (Wildman–Crippen LogP) is 1.83. The summed E-state index contributed by atoms with van der Waals surface area (Å²) < 4.78 is 5.41. The largest absolute Gasteiger partial charge is 0.496 e. The van der Waals surface area contributed by atoms with Crippen LogP contribution in [0.5, 0.6) is 5.75 Å². The molecule has 2 unspecified atom stereocenters. The Morgan fingerprint density at radius 3 is 2.89 bits per heavy atom. The molecule has 2 atom stereocenters. The van der Waals surface area contributed by atoms with Gasteiger partial charge in [-0.15, -0.1) is 0 Å². The highest BCUT2D eigenvalue weighted by Gasteiger charge is 2.29. The zero-order valence-corrected chi connectivity index (χ0v) is 12.2. The van der Waals surface area contributed by atoms with E-state index in [1.807, 2.05) is 23.9 Å². The summed E-state index contributed by atoms with van der Waals surface area (Å²) in [6.45, 7) is 3.13. The van der Waals surface area contributed by atoms with E-state index >= 15 is 0 Å². The highest BCUT2D eigenvalue weighted by molar-refractivity contribution is 7.99. The van der Waals surface area contributed by atoms with E-state index in [9.17, 15) is 0 Å². The lowest BCUT2D eigenvalue weighted by molar-refractivity contribution is 0.249. The first-order valence-corrected chi connectivity index (χ1v) is 7.60. The number of rotatable bonds is 5. The second-order valence-electron chi connectivity index (χ2n) is 4.73. The van der Waals surface area contributed by atoms with Gasteiger partial charge in [-0.25, -0.2) is 0 Å². The van der Waals surface area contributed by atoms with Gasteiger partial charge in [0.15, 0.2) is 0 Å². The minimum absolute atomic E-state index is 0.602. The van der Waals surface area contributed by atoms with Gasteiger partial charge in [0, 0.05) is 36.5 Å². The molecule has 3 nitrogen and oxygen atoms in total. The molecule has 1 fully saturated rings. The molecule has 2 rings (SSSR count). The van der Waals surface area contributed by atoms with Crippen LogP contribution in [-0.4, -0.2) is 49.7 Å². The Kier molecular flexibility index (Phi) is 4.92. The maximum atomic E-state index is 5.41. The van der Waals surface area contributed by atoms with Crippen molar-refractivity contribution in [1.82, 2.24) is 10.2 Å². The Balaban J connectivity index is 2.04. The molecule has 0 bridgehead atoms. The molecule has 1 saturated heterocycles. The number of methoxy groups -OCH3 is 1. The number of hydrogen-bond acceptors (Lipinski definition) is 4. The first-order valence-electron chi connectivity index (χ1n) is 6.32. The summed E-state index contributed by atoms with van der Waals surface area (Å²) >= 11 is 1.95. The molecule has 18 heavy (non-hydrogen) atoms. The summed E-state index contributed by atoms with van der Waals surface area (Å²) in [5.41, 5.74) is 1.26. The molecule has 4 heteroatoms. The molecule has 0 saturated carbocycles. The van der Waals surface area contributed by atoms with Gasteiger partial charge in [0.1, 0.15) is 5.75 Å². The lowest BCUT2D eigenvalue weighted by Crippen LogP contribution is -2.38. The van der Waals surface area contributed by atoms with E-state index in [1.165, 1.54) is 5.56 Å². The van der Waals surface area contributed by atoms with Gasteiger partial charge in [0.25, 0.3) is 0 Å². The molecule has 100 valence electrons. The van der Waals surface area contributed by atoms with Crippen LogP contribution in [0.2, 0.25) is 0 Å². The first-order chi connectivity index (χ1) is 8.76. The number of hydrogen-bond donors (Lipinski definition) is 1. The highest BCUT2D eigenvalue weighted by atomic mass is 32.2. The minimum atomic E-state index is 0.602. The second kappa shape index (κ2) is 6.45. The minimum Gasteiger partial charge on any atom is -0.496 e. The number of ether oxygens (including phenoxy) is 1. The number of benzene rings is 1. The van der Waals surface area contributed by atoms with Crippen LogP contribution in [0.1, 0.15) is 5.56 Å².